The maximum absolute atomic E-state index is 11.4. The van der Waals surface area contributed by atoms with Gasteiger partial charge in [-0.05, 0) is 19.9 Å². The van der Waals surface area contributed by atoms with E-state index < -0.39 is 15.9 Å². The van der Waals surface area contributed by atoms with E-state index in [1.165, 1.54) is 13.1 Å². The van der Waals surface area contributed by atoms with Crippen LogP contribution in [0.25, 0.3) is 0 Å². The smallest absolute Gasteiger partial charge is 0.308 e. The van der Waals surface area contributed by atoms with Crippen molar-refractivity contribution in [2.45, 2.75) is 19.6 Å². The molecule has 0 atom stereocenters. The summed E-state index contributed by atoms with van der Waals surface area (Å²) >= 11 is 0. The Morgan fingerprint density at radius 1 is 1.39 bits per heavy atom. The van der Waals surface area contributed by atoms with Crippen molar-refractivity contribution < 1.29 is 22.1 Å². The average molecular weight is 273 g/mol. The predicted molar refractivity (Wildman–Crippen MR) is 63.6 cm³/mol. The summed E-state index contributed by atoms with van der Waals surface area (Å²) in [5, 5.41) is 0. The Morgan fingerprint density at radius 3 is 2.67 bits per heavy atom. The molecular formula is C11H15NO5S. The van der Waals surface area contributed by atoms with Crippen LogP contribution in [0.4, 0.5) is 0 Å². The molecule has 0 spiro atoms. The fourth-order valence-electron chi connectivity index (χ4n) is 1.60. The van der Waals surface area contributed by atoms with E-state index in [0.717, 1.165) is 0 Å². The van der Waals surface area contributed by atoms with Gasteiger partial charge in [-0.2, -0.15) is 8.42 Å². The molecule has 100 valence electrons. The van der Waals surface area contributed by atoms with Crippen LogP contribution in [0.15, 0.2) is 18.5 Å². The molecule has 7 heteroatoms. The zero-order valence-electron chi connectivity index (χ0n) is 10.3. The Kier molecular flexibility index (Phi) is 3.56. The van der Waals surface area contributed by atoms with Crippen LogP contribution in [-0.2, 0) is 25.4 Å². The SMILES string of the molecule is CCS(=O)(=O)Oc1cncc(C2(C)OCCO2)c1. The maximum atomic E-state index is 11.4. The van der Waals surface area contributed by atoms with Crippen molar-refractivity contribution in [1.29, 1.82) is 0 Å². The second-order valence-electron chi connectivity index (χ2n) is 3.98. The van der Waals surface area contributed by atoms with Crippen LogP contribution in [0, 0.1) is 0 Å². The van der Waals surface area contributed by atoms with E-state index in [9.17, 15) is 8.42 Å². The molecule has 0 unspecified atom stereocenters. The summed E-state index contributed by atoms with van der Waals surface area (Å²) in [6.07, 6.45) is 2.91. The molecule has 1 aliphatic heterocycles. The average Bonchev–Trinajstić information content (AvgIpc) is 2.77. The van der Waals surface area contributed by atoms with Gasteiger partial charge in [-0.1, -0.05) is 0 Å². The molecule has 0 N–H and O–H groups in total. The highest BCUT2D eigenvalue weighted by Crippen LogP contribution is 2.32. The standard InChI is InChI=1S/C11H15NO5S/c1-3-18(13,14)17-10-6-9(7-12-8-10)11(2)15-4-5-16-11/h6-8H,3-5H2,1-2H3. The van der Waals surface area contributed by atoms with Crippen molar-refractivity contribution in [3.63, 3.8) is 0 Å². The molecule has 1 aromatic rings. The monoisotopic (exact) mass is 273 g/mol. The Hall–Kier alpha value is -1.18. The van der Waals surface area contributed by atoms with E-state index in [1.54, 1.807) is 19.2 Å². The minimum Gasteiger partial charge on any atom is -0.381 e. The highest BCUT2D eigenvalue weighted by molar-refractivity contribution is 7.87. The lowest BCUT2D eigenvalue weighted by atomic mass is 10.1. The van der Waals surface area contributed by atoms with Crippen molar-refractivity contribution >= 4 is 10.1 Å². The van der Waals surface area contributed by atoms with Gasteiger partial charge in [0, 0.05) is 11.8 Å². The molecule has 1 saturated heterocycles. The topological polar surface area (TPSA) is 74.7 Å². The van der Waals surface area contributed by atoms with Gasteiger partial charge in [-0.25, -0.2) is 0 Å². The molecule has 0 aliphatic carbocycles. The van der Waals surface area contributed by atoms with E-state index in [4.69, 9.17) is 13.7 Å². The first-order valence-electron chi connectivity index (χ1n) is 5.61. The quantitative estimate of drug-likeness (QED) is 0.763. The zero-order valence-corrected chi connectivity index (χ0v) is 11.1. The lowest BCUT2D eigenvalue weighted by molar-refractivity contribution is -0.150. The van der Waals surface area contributed by atoms with Gasteiger partial charge >= 0.3 is 10.1 Å². The zero-order chi connectivity index (χ0) is 13.2. The molecule has 1 aromatic heterocycles. The molecule has 2 rings (SSSR count). The molecule has 2 heterocycles. The van der Waals surface area contributed by atoms with Crippen molar-refractivity contribution in [2.24, 2.45) is 0 Å². The van der Waals surface area contributed by atoms with Crippen molar-refractivity contribution in [3.8, 4) is 5.75 Å². The molecule has 0 amide bonds. The number of pyridine rings is 1. The van der Waals surface area contributed by atoms with Crippen molar-refractivity contribution in [2.75, 3.05) is 19.0 Å². The maximum Gasteiger partial charge on any atom is 0.308 e. The number of aromatic nitrogens is 1. The third-order valence-corrected chi connectivity index (χ3v) is 3.81. The van der Waals surface area contributed by atoms with Gasteiger partial charge in [-0.3, -0.25) is 4.98 Å². The van der Waals surface area contributed by atoms with Crippen LogP contribution in [0.1, 0.15) is 19.4 Å². The second kappa shape index (κ2) is 4.83. The molecule has 0 radical (unpaired) electrons. The fourth-order valence-corrected chi connectivity index (χ4v) is 2.10. The Labute approximate surface area is 106 Å². The molecule has 1 fully saturated rings. The van der Waals surface area contributed by atoms with E-state index in [-0.39, 0.29) is 11.5 Å². The van der Waals surface area contributed by atoms with Crippen LogP contribution in [0.3, 0.4) is 0 Å². The molecular weight excluding hydrogens is 258 g/mol. The molecule has 18 heavy (non-hydrogen) atoms. The first-order valence-corrected chi connectivity index (χ1v) is 7.18. The van der Waals surface area contributed by atoms with E-state index in [0.29, 0.717) is 18.8 Å². The highest BCUT2D eigenvalue weighted by atomic mass is 32.2. The van der Waals surface area contributed by atoms with Crippen LogP contribution in [0.5, 0.6) is 5.75 Å². The van der Waals surface area contributed by atoms with E-state index >= 15 is 0 Å². The number of nitrogens with zero attached hydrogens (tertiary/aromatic N) is 1. The highest BCUT2D eigenvalue weighted by Gasteiger charge is 2.33. The van der Waals surface area contributed by atoms with Gasteiger partial charge in [0.2, 0.25) is 0 Å². The van der Waals surface area contributed by atoms with E-state index in [1.807, 2.05) is 0 Å². The number of hydrogen-bond acceptors (Lipinski definition) is 6. The van der Waals surface area contributed by atoms with Crippen LogP contribution in [0.2, 0.25) is 0 Å². The van der Waals surface area contributed by atoms with Gasteiger partial charge in [0.15, 0.2) is 11.5 Å². The Morgan fingerprint density at radius 2 is 2.06 bits per heavy atom. The van der Waals surface area contributed by atoms with Gasteiger partial charge in [0.1, 0.15) is 0 Å². The minimum absolute atomic E-state index is 0.0957. The number of rotatable bonds is 4. The summed E-state index contributed by atoms with van der Waals surface area (Å²) in [7, 11) is -3.55. The molecule has 0 saturated carbocycles. The summed E-state index contributed by atoms with van der Waals surface area (Å²) in [6, 6.07) is 1.56. The van der Waals surface area contributed by atoms with Gasteiger partial charge < -0.3 is 13.7 Å². The number of hydrogen-bond donors (Lipinski definition) is 0. The summed E-state index contributed by atoms with van der Waals surface area (Å²) in [4.78, 5) is 3.94. The Bertz CT molecular complexity index is 522. The number of ether oxygens (including phenoxy) is 2. The third kappa shape index (κ3) is 2.80. The molecule has 0 aromatic carbocycles. The first kappa shape index (κ1) is 13.3. The van der Waals surface area contributed by atoms with Crippen molar-refractivity contribution in [3.05, 3.63) is 24.0 Å². The van der Waals surface area contributed by atoms with Crippen LogP contribution in [-0.4, -0.2) is 32.4 Å². The van der Waals surface area contributed by atoms with Crippen LogP contribution < -0.4 is 4.18 Å². The molecule has 6 nitrogen and oxygen atoms in total. The minimum atomic E-state index is -3.55. The largest absolute Gasteiger partial charge is 0.381 e. The predicted octanol–water partition coefficient (Wildman–Crippen LogP) is 1.03. The molecule has 0 bridgehead atoms. The summed E-state index contributed by atoms with van der Waals surface area (Å²) in [5.41, 5.74) is 0.629. The lowest BCUT2D eigenvalue weighted by Crippen LogP contribution is -2.22. The van der Waals surface area contributed by atoms with Crippen molar-refractivity contribution in [1.82, 2.24) is 4.98 Å². The van der Waals surface area contributed by atoms with Gasteiger partial charge in [0.25, 0.3) is 0 Å². The lowest BCUT2D eigenvalue weighted by Gasteiger charge is -2.22. The second-order valence-corrected chi connectivity index (χ2v) is 5.84. The molecule has 1 aliphatic rings. The fraction of sp³-hybridized carbons (Fsp3) is 0.545. The van der Waals surface area contributed by atoms with E-state index in [2.05, 4.69) is 4.98 Å². The Balaban J connectivity index is 2.25. The van der Waals surface area contributed by atoms with Gasteiger partial charge in [-0.15, -0.1) is 0 Å². The van der Waals surface area contributed by atoms with Crippen LogP contribution >= 0.6 is 0 Å². The van der Waals surface area contributed by atoms with Gasteiger partial charge in [0.05, 0.1) is 25.2 Å². The summed E-state index contributed by atoms with van der Waals surface area (Å²) < 4.78 is 38.6. The summed E-state index contributed by atoms with van der Waals surface area (Å²) in [6.45, 7) is 4.26. The summed E-state index contributed by atoms with van der Waals surface area (Å²) in [5.74, 6) is -0.821. The first-order chi connectivity index (χ1) is 8.45. The third-order valence-electron chi connectivity index (χ3n) is 2.65. The normalized spacial score (nSPS) is 18.8.